The number of anilines is 1. The highest BCUT2D eigenvalue weighted by atomic mass is 35.5. The number of benzene rings is 1. The Balaban J connectivity index is 0.00000243. The van der Waals surface area contributed by atoms with Gasteiger partial charge in [0.05, 0.1) is 5.60 Å². The number of aliphatic hydroxyl groups is 1. The second-order valence-corrected chi connectivity index (χ2v) is 6.32. The van der Waals surface area contributed by atoms with Crippen LogP contribution in [0.4, 0.5) is 10.2 Å². The van der Waals surface area contributed by atoms with Crippen molar-refractivity contribution in [1.29, 1.82) is 0 Å². The predicted octanol–water partition coefficient (Wildman–Crippen LogP) is 3.44. The summed E-state index contributed by atoms with van der Waals surface area (Å²) >= 11 is 0. The number of aromatic nitrogens is 4. The van der Waals surface area contributed by atoms with Crippen LogP contribution in [0.3, 0.4) is 0 Å². The van der Waals surface area contributed by atoms with E-state index in [4.69, 9.17) is 5.73 Å². The summed E-state index contributed by atoms with van der Waals surface area (Å²) in [4.78, 5) is 13.2. The Bertz CT molecular complexity index is 962. The summed E-state index contributed by atoms with van der Waals surface area (Å²) in [6.45, 7) is 5.86. The normalized spacial score (nSPS) is 11.9. The summed E-state index contributed by atoms with van der Waals surface area (Å²) in [6.07, 6.45) is 3.21. The van der Waals surface area contributed by atoms with Crippen molar-refractivity contribution in [3.63, 3.8) is 0 Å². The SMILES string of the molecule is CCn1c(-c2cccc(F)c2)nc2c(N)nc(/C=C\C(C)(C)O)nc21.Cl. The molecule has 26 heavy (non-hydrogen) atoms. The fourth-order valence-corrected chi connectivity index (χ4v) is 2.54. The molecule has 0 atom stereocenters. The number of aryl methyl sites for hydroxylation is 1. The molecule has 0 fully saturated rings. The Morgan fingerprint density at radius 3 is 2.62 bits per heavy atom. The first-order valence-corrected chi connectivity index (χ1v) is 8.00. The van der Waals surface area contributed by atoms with E-state index < -0.39 is 5.60 Å². The third-order valence-corrected chi connectivity index (χ3v) is 3.68. The van der Waals surface area contributed by atoms with Crippen molar-refractivity contribution < 1.29 is 9.50 Å². The van der Waals surface area contributed by atoms with Crippen molar-refractivity contribution in [2.24, 2.45) is 0 Å². The molecule has 2 heterocycles. The van der Waals surface area contributed by atoms with E-state index in [-0.39, 0.29) is 24.0 Å². The molecule has 0 unspecified atom stereocenters. The smallest absolute Gasteiger partial charge is 0.166 e. The molecule has 8 heteroatoms. The number of nitrogen functional groups attached to an aromatic ring is 1. The first-order valence-electron chi connectivity index (χ1n) is 8.00. The number of hydrogen-bond acceptors (Lipinski definition) is 5. The highest BCUT2D eigenvalue weighted by molar-refractivity contribution is 5.86. The summed E-state index contributed by atoms with van der Waals surface area (Å²) in [5.74, 6) is 0.874. The lowest BCUT2D eigenvalue weighted by Crippen LogP contribution is -2.13. The van der Waals surface area contributed by atoms with Crippen molar-refractivity contribution in [3.8, 4) is 11.4 Å². The van der Waals surface area contributed by atoms with E-state index in [0.29, 0.717) is 34.9 Å². The summed E-state index contributed by atoms with van der Waals surface area (Å²) in [5.41, 5.74) is 6.76. The van der Waals surface area contributed by atoms with Crippen LogP contribution in [-0.4, -0.2) is 30.2 Å². The van der Waals surface area contributed by atoms with Gasteiger partial charge in [0.25, 0.3) is 0 Å². The number of imidazole rings is 1. The van der Waals surface area contributed by atoms with Gasteiger partial charge in [-0.1, -0.05) is 12.1 Å². The minimum absolute atomic E-state index is 0. The zero-order valence-corrected chi connectivity index (χ0v) is 15.6. The molecule has 0 saturated heterocycles. The molecule has 0 saturated carbocycles. The monoisotopic (exact) mass is 377 g/mol. The molecule has 0 amide bonds. The zero-order chi connectivity index (χ0) is 18.2. The Morgan fingerprint density at radius 1 is 1.27 bits per heavy atom. The molecule has 3 N–H and O–H groups in total. The van der Waals surface area contributed by atoms with Crippen molar-refractivity contribution in [1.82, 2.24) is 19.5 Å². The summed E-state index contributed by atoms with van der Waals surface area (Å²) < 4.78 is 15.4. The number of rotatable bonds is 4. The number of halogens is 2. The first kappa shape index (κ1) is 19.8. The van der Waals surface area contributed by atoms with Crippen LogP contribution in [0.1, 0.15) is 26.6 Å². The zero-order valence-electron chi connectivity index (χ0n) is 14.8. The number of hydrogen-bond donors (Lipinski definition) is 2. The highest BCUT2D eigenvalue weighted by Gasteiger charge is 2.17. The summed E-state index contributed by atoms with van der Waals surface area (Å²) in [6, 6.07) is 6.23. The lowest BCUT2D eigenvalue weighted by atomic mass is 10.1. The fraction of sp³-hybridized carbons (Fsp3) is 0.278. The van der Waals surface area contributed by atoms with E-state index in [1.165, 1.54) is 12.1 Å². The molecule has 0 aliphatic carbocycles. The van der Waals surface area contributed by atoms with Gasteiger partial charge in [-0.25, -0.2) is 19.3 Å². The van der Waals surface area contributed by atoms with Crippen LogP contribution in [0, 0.1) is 5.82 Å². The van der Waals surface area contributed by atoms with E-state index in [1.807, 2.05) is 11.5 Å². The average molecular weight is 378 g/mol. The molecule has 6 nitrogen and oxygen atoms in total. The van der Waals surface area contributed by atoms with Crippen LogP contribution >= 0.6 is 12.4 Å². The third-order valence-electron chi connectivity index (χ3n) is 3.68. The standard InChI is InChI=1S/C18H20FN5O.ClH/c1-4-24-16(11-6-5-7-12(19)10-11)23-14-15(20)21-13(22-17(14)24)8-9-18(2,3)25;/h5-10,25H,4H2,1-3H3,(H2,20,21,22);1H/b9-8-;. The van der Waals surface area contributed by atoms with Crippen molar-refractivity contribution in [2.75, 3.05) is 5.73 Å². The number of nitrogens with zero attached hydrogens (tertiary/aromatic N) is 4. The molecule has 3 aromatic rings. The first-order chi connectivity index (χ1) is 11.8. The molecule has 0 aliphatic heterocycles. The lowest BCUT2D eigenvalue weighted by Gasteiger charge is -2.10. The van der Waals surface area contributed by atoms with E-state index >= 15 is 0 Å². The van der Waals surface area contributed by atoms with E-state index in [1.54, 1.807) is 38.1 Å². The van der Waals surface area contributed by atoms with Gasteiger partial charge in [-0.15, -0.1) is 12.4 Å². The minimum atomic E-state index is -0.981. The molecule has 0 bridgehead atoms. The predicted molar refractivity (Wildman–Crippen MR) is 103 cm³/mol. The molecule has 0 aliphatic rings. The maximum Gasteiger partial charge on any atom is 0.166 e. The molecular weight excluding hydrogens is 357 g/mol. The van der Waals surface area contributed by atoms with E-state index in [9.17, 15) is 9.50 Å². The molecular formula is C18H21ClFN5O. The minimum Gasteiger partial charge on any atom is -0.386 e. The van der Waals surface area contributed by atoms with Crippen LogP contribution in [0.5, 0.6) is 0 Å². The molecule has 1 aromatic carbocycles. The van der Waals surface area contributed by atoms with Gasteiger partial charge < -0.3 is 15.4 Å². The highest BCUT2D eigenvalue weighted by Crippen LogP contribution is 2.27. The van der Waals surface area contributed by atoms with Gasteiger partial charge in [0.2, 0.25) is 0 Å². The van der Waals surface area contributed by atoms with Gasteiger partial charge in [0, 0.05) is 12.1 Å². The van der Waals surface area contributed by atoms with Crippen LogP contribution in [0.15, 0.2) is 30.3 Å². The second kappa shape index (κ2) is 7.39. The number of fused-ring (bicyclic) bond motifs is 1. The Morgan fingerprint density at radius 2 is 2.00 bits per heavy atom. The second-order valence-electron chi connectivity index (χ2n) is 6.32. The molecule has 0 spiro atoms. The quantitative estimate of drug-likeness (QED) is 0.726. The van der Waals surface area contributed by atoms with E-state index in [0.717, 1.165) is 0 Å². The number of nitrogens with two attached hydrogens (primary N) is 1. The Hall–Kier alpha value is -2.51. The topological polar surface area (TPSA) is 89.9 Å². The van der Waals surface area contributed by atoms with Crippen LogP contribution in [0.25, 0.3) is 28.6 Å². The van der Waals surface area contributed by atoms with Gasteiger partial charge in [-0.2, -0.15) is 0 Å². The van der Waals surface area contributed by atoms with Gasteiger partial charge in [-0.05, 0) is 45.1 Å². The van der Waals surface area contributed by atoms with Crippen molar-refractivity contribution >= 4 is 35.5 Å². The van der Waals surface area contributed by atoms with E-state index in [2.05, 4.69) is 15.0 Å². The fourth-order valence-electron chi connectivity index (χ4n) is 2.54. The summed E-state index contributed by atoms with van der Waals surface area (Å²) in [5, 5.41) is 9.81. The van der Waals surface area contributed by atoms with Crippen LogP contribution < -0.4 is 5.73 Å². The lowest BCUT2D eigenvalue weighted by molar-refractivity contribution is 0.134. The average Bonchev–Trinajstić information content (AvgIpc) is 2.91. The molecule has 3 rings (SSSR count). The van der Waals surface area contributed by atoms with Crippen molar-refractivity contribution in [2.45, 2.75) is 32.9 Å². The van der Waals surface area contributed by atoms with Crippen LogP contribution in [0.2, 0.25) is 0 Å². The molecule has 138 valence electrons. The van der Waals surface area contributed by atoms with Gasteiger partial charge >= 0.3 is 0 Å². The van der Waals surface area contributed by atoms with Gasteiger partial charge in [0.15, 0.2) is 22.8 Å². The van der Waals surface area contributed by atoms with Crippen LogP contribution in [-0.2, 0) is 6.54 Å². The Labute approximate surface area is 157 Å². The van der Waals surface area contributed by atoms with Gasteiger partial charge in [0.1, 0.15) is 11.6 Å². The van der Waals surface area contributed by atoms with Crippen molar-refractivity contribution in [3.05, 3.63) is 42.0 Å². The summed E-state index contributed by atoms with van der Waals surface area (Å²) in [7, 11) is 0. The maximum absolute atomic E-state index is 13.6. The largest absolute Gasteiger partial charge is 0.386 e. The molecule has 0 radical (unpaired) electrons. The Kier molecular flexibility index (Phi) is 5.63. The molecule has 2 aromatic heterocycles. The van der Waals surface area contributed by atoms with Gasteiger partial charge in [-0.3, -0.25) is 0 Å². The third kappa shape index (κ3) is 4.00. The maximum atomic E-state index is 13.6.